The molecule has 7 nitrogen and oxygen atoms in total. The van der Waals surface area contributed by atoms with Gasteiger partial charge in [-0.1, -0.05) is 12.5 Å². The minimum Gasteiger partial charge on any atom is -0.347 e. The van der Waals surface area contributed by atoms with Crippen LogP contribution in [0.4, 0.5) is 0 Å². The Morgan fingerprint density at radius 1 is 1.21 bits per heavy atom. The number of hydrogen-bond acceptors (Lipinski definition) is 5. The zero-order chi connectivity index (χ0) is 16.2. The van der Waals surface area contributed by atoms with E-state index in [1.54, 1.807) is 12.4 Å². The van der Waals surface area contributed by atoms with Crippen LogP contribution >= 0.6 is 0 Å². The number of pyridine rings is 1. The Hall–Kier alpha value is -2.54. The predicted molar refractivity (Wildman–Crippen MR) is 89.1 cm³/mol. The molecule has 0 bridgehead atoms. The second-order valence-electron chi connectivity index (χ2n) is 6.07. The molecule has 0 spiro atoms. The number of nitrogens with one attached hydrogen (secondary N) is 2. The molecule has 4 heterocycles. The van der Waals surface area contributed by atoms with Gasteiger partial charge < -0.3 is 9.55 Å². The molecule has 2 N–H and O–H groups in total. The zero-order valence-corrected chi connectivity index (χ0v) is 13.5. The Labute approximate surface area is 140 Å². The lowest BCUT2D eigenvalue weighted by Crippen LogP contribution is -2.25. The SMILES string of the molecule is c1cncc(C(NCc2nnc3n2CCCCC3)c2ncc[nH]2)c1. The number of nitrogens with zero attached hydrogens (tertiary/aromatic N) is 5. The van der Waals surface area contributed by atoms with E-state index < -0.39 is 0 Å². The molecule has 24 heavy (non-hydrogen) atoms. The molecule has 4 rings (SSSR count). The van der Waals surface area contributed by atoms with Gasteiger partial charge in [0.1, 0.15) is 17.5 Å². The summed E-state index contributed by atoms with van der Waals surface area (Å²) < 4.78 is 2.27. The lowest BCUT2D eigenvalue weighted by molar-refractivity contribution is 0.530. The summed E-state index contributed by atoms with van der Waals surface area (Å²) in [6.45, 7) is 1.66. The van der Waals surface area contributed by atoms with Gasteiger partial charge in [0.15, 0.2) is 0 Å². The van der Waals surface area contributed by atoms with Gasteiger partial charge in [-0.25, -0.2) is 4.98 Å². The summed E-state index contributed by atoms with van der Waals surface area (Å²) in [4.78, 5) is 11.8. The van der Waals surface area contributed by atoms with E-state index in [1.165, 1.54) is 19.3 Å². The van der Waals surface area contributed by atoms with Gasteiger partial charge in [0.25, 0.3) is 0 Å². The molecule has 0 saturated carbocycles. The predicted octanol–water partition coefficient (Wildman–Crippen LogP) is 2.00. The maximum Gasteiger partial charge on any atom is 0.147 e. The van der Waals surface area contributed by atoms with E-state index in [9.17, 15) is 0 Å². The van der Waals surface area contributed by atoms with E-state index in [1.807, 2.05) is 18.5 Å². The van der Waals surface area contributed by atoms with Crippen LogP contribution in [-0.2, 0) is 19.5 Å². The number of fused-ring (bicyclic) bond motifs is 1. The zero-order valence-electron chi connectivity index (χ0n) is 13.5. The van der Waals surface area contributed by atoms with Gasteiger partial charge >= 0.3 is 0 Å². The van der Waals surface area contributed by atoms with E-state index in [0.717, 1.165) is 36.0 Å². The normalized spacial score (nSPS) is 15.7. The third kappa shape index (κ3) is 3.07. The first-order chi connectivity index (χ1) is 11.9. The van der Waals surface area contributed by atoms with Crippen molar-refractivity contribution >= 4 is 0 Å². The minimum absolute atomic E-state index is 0.0487. The molecule has 1 unspecified atom stereocenters. The lowest BCUT2D eigenvalue weighted by atomic mass is 10.1. The standard InChI is InChI=1S/C17H21N7/c1-2-6-14-22-23-15(24(14)10-3-1)12-21-16(17-19-8-9-20-17)13-5-4-7-18-11-13/h4-5,7-9,11,16,21H,1-3,6,10,12H2,(H,19,20). The van der Waals surface area contributed by atoms with Crippen molar-refractivity contribution in [2.75, 3.05) is 0 Å². The highest BCUT2D eigenvalue weighted by Gasteiger charge is 2.19. The summed E-state index contributed by atoms with van der Waals surface area (Å²) in [7, 11) is 0. The molecule has 0 fully saturated rings. The van der Waals surface area contributed by atoms with Crippen molar-refractivity contribution in [2.24, 2.45) is 0 Å². The topological polar surface area (TPSA) is 84.3 Å². The fraction of sp³-hybridized carbons (Fsp3) is 0.412. The molecule has 1 atom stereocenters. The van der Waals surface area contributed by atoms with Gasteiger partial charge in [0, 0.05) is 37.8 Å². The molecule has 0 aliphatic carbocycles. The first-order valence-corrected chi connectivity index (χ1v) is 8.45. The molecular formula is C17H21N7. The smallest absolute Gasteiger partial charge is 0.147 e. The second kappa shape index (κ2) is 6.92. The maximum atomic E-state index is 4.41. The first kappa shape index (κ1) is 15.0. The number of aromatic amines is 1. The fourth-order valence-electron chi connectivity index (χ4n) is 3.22. The summed E-state index contributed by atoms with van der Waals surface area (Å²) in [6, 6.07) is 3.94. The van der Waals surface area contributed by atoms with Gasteiger partial charge in [0.2, 0.25) is 0 Å². The van der Waals surface area contributed by atoms with Crippen LogP contribution in [0.2, 0.25) is 0 Å². The van der Waals surface area contributed by atoms with Crippen LogP contribution in [0.15, 0.2) is 36.9 Å². The molecule has 3 aromatic heterocycles. The number of aromatic nitrogens is 6. The molecule has 0 amide bonds. The van der Waals surface area contributed by atoms with Crippen molar-refractivity contribution in [2.45, 2.75) is 44.8 Å². The van der Waals surface area contributed by atoms with Gasteiger partial charge in [-0.15, -0.1) is 10.2 Å². The molecule has 0 aromatic carbocycles. The molecular weight excluding hydrogens is 302 g/mol. The summed E-state index contributed by atoms with van der Waals surface area (Å²) in [5, 5.41) is 12.3. The lowest BCUT2D eigenvalue weighted by Gasteiger charge is -2.17. The Morgan fingerprint density at radius 3 is 3.04 bits per heavy atom. The van der Waals surface area contributed by atoms with Crippen LogP contribution in [0.3, 0.4) is 0 Å². The quantitative estimate of drug-likeness (QED) is 0.750. The van der Waals surface area contributed by atoms with Crippen molar-refractivity contribution in [3.63, 3.8) is 0 Å². The number of aryl methyl sites for hydroxylation is 1. The molecule has 1 aliphatic heterocycles. The van der Waals surface area contributed by atoms with Gasteiger partial charge in [-0.05, 0) is 24.5 Å². The molecule has 0 radical (unpaired) electrons. The van der Waals surface area contributed by atoms with Gasteiger partial charge in [-0.3, -0.25) is 10.3 Å². The third-order valence-electron chi connectivity index (χ3n) is 4.46. The van der Waals surface area contributed by atoms with E-state index in [2.05, 4.69) is 41.1 Å². The van der Waals surface area contributed by atoms with Crippen LogP contribution in [0, 0.1) is 0 Å². The van der Waals surface area contributed by atoms with E-state index in [-0.39, 0.29) is 6.04 Å². The van der Waals surface area contributed by atoms with Crippen LogP contribution in [0.1, 0.15) is 48.3 Å². The van der Waals surface area contributed by atoms with Crippen molar-refractivity contribution < 1.29 is 0 Å². The van der Waals surface area contributed by atoms with E-state index >= 15 is 0 Å². The fourth-order valence-corrected chi connectivity index (χ4v) is 3.22. The Kier molecular flexibility index (Phi) is 4.33. The van der Waals surface area contributed by atoms with E-state index in [0.29, 0.717) is 6.54 Å². The van der Waals surface area contributed by atoms with Crippen molar-refractivity contribution in [3.05, 3.63) is 60.0 Å². The number of imidazole rings is 1. The number of H-pyrrole nitrogens is 1. The van der Waals surface area contributed by atoms with Gasteiger partial charge in [0.05, 0.1) is 12.6 Å². The molecule has 0 saturated heterocycles. The minimum atomic E-state index is -0.0487. The third-order valence-corrected chi connectivity index (χ3v) is 4.46. The Bertz CT molecular complexity index is 764. The largest absolute Gasteiger partial charge is 0.347 e. The molecule has 124 valence electrons. The number of hydrogen-bond donors (Lipinski definition) is 2. The summed E-state index contributed by atoms with van der Waals surface area (Å²) in [5.74, 6) is 2.98. The molecule has 1 aliphatic rings. The Balaban J connectivity index is 1.55. The van der Waals surface area contributed by atoms with E-state index in [4.69, 9.17) is 0 Å². The molecule has 7 heteroatoms. The maximum absolute atomic E-state index is 4.41. The van der Waals surface area contributed by atoms with Crippen LogP contribution < -0.4 is 5.32 Å². The van der Waals surface area contributed by atoms with Crippen molar-refractivity contribution in [1.29, 1.82) is 0 Å². The van der Waals surface area contributed by atoms with Crippen LogP contribution in [0.5, 0.6) is 0 Å². The second-order valence-corrected chi connectivity index (χ2v) is 6.07. The van der Waals surface area contributed by atoms with Crippen LogP contribution in [-0.4, -0.2) is 29.7 Å². The van der Waals surface area contributed by atoms with Crippen LogP contribution in [0.25, 0.3) is 0 Å². The first-order valence-electron chi connectivity index (χ1n) is 8.45. The van der Waals surface area contributed by atoms with Gasteiger partial charge in [-0.2, -0.15) is 0 Å². The average molecular weight is 323 g/mol. The Morgan fingerprint density at radius 2 is 2.21 bits per heavy atom. The highest BCUT2D eigenvalue weighted by Crippen LogP contribution is 2.19. The highest BCUT2D eigenvalue weighted by molar-refractivity contribution is 5.21. The summed E-state index contributed by atoms with van der Waals surface area (Å²) in [6.07, 6.45) is 11.9. The number of rotatable bonds is 5. The average Bonchev–Trinajstić information content (AvgIpc) is 3.22. The van der Waals surface area contributed by atoms with Crippen molar-refractivity contribution in [3.8, 4) is 0 Å². The molecule has 3 aromatic rings. The summed E-state index contributed by atoms with van der Waals surface area (Å²) >= 11 is 0. The van der Waals surface area contributed by atoms with Crippen molar-refractivity contribution in [1.82, 2.24) is 35.0 Å². The monoisotopic (exact) mass is 323 g/mol. The highest BCUT2D eigenvalue weighted by atomic mass is 15.3. The summed E-state index contributed by atoms with van der Waals surface area (Å²) in [5.41, 5.74) is 1.07.